The van der Waals surface area contributed by atoms with Gasteiger partial charge in [-0.1, -0.05) is 0 Å². The molecule has 24 heavy (non-hydrogen) atoms. The molecule has 0 amide bonds. The minimum absolute atomic E-state index is 0. The molecule has 122 valence electrons. The molecule has 0 spiro atoms. The summed E-state index contributed by atoms with van der Waals surface area (Å²) in [5.74, 6) is -5.82. The summed E-state index contributed by atoms with van der Waals surface area (Å²) < 4.78 is 0. The number of rotatable bonds is 11. The van der Waals surface area contributed by atoms with Crippen LogP contribution in [0, 0.1) is 0 Å². The number of aliphatic carboxylic acids is 4. The summed E-state index contributed by atoms with van der Waals surface area (Å²) in [6.45, 7) is -3.00. The molecule has 0 saturated carbocycles. The van der Waals surface area contributed by atoms with E-state index in [9.17, 15) is 34.5 Å². The summed E-state index contributed by atoms with van der Waals surface area (Å²) in [6, 6.07) is 0. The molecule has 0 heterocycles. The number of hydrogen-bond acceptors (Lipinski definition) is 9. The first kappa shape index (κ1) is 35.8. The first-order valence-electron chi connectivity index (χ1n) is 5.46. The number of hydrogen-bond donors (Lipinski definition) is 1. The molecule has 0 aliphatic carbocycles. The molecule has 0 aromatic rings. The smallest absolute Gasteiger partial charge is 0.549 e. The van der Waals surface area contributed by atoms with Gasteiger partial charge in [0.05, 0.1) is 24.5 Å². The third-order valence-electron chi connectivity index (χ3n) is 2.15. The van der Waals surface area contributed by atoms with Gasteiger partial charge in [-0.2, -0.15) is 0 Å². The van der Waals surface area contributed by atoms with Crippen molar-refractivity contribution in [2.24, 2.45) is 0 Å². The zero-order valence-corrected chi connectivity index (χ0v) is 19.9. The van der Waals surface area contributed by atoms with Crippen LogP contribution in [0.2, 0.25) is 0 Å². The summed E-state index contributed by atoms with van der Waals surface area (Å²) in [4.78, 5) is 43.7. The quantitative estimate of drug-likeness (QED) is 0.338. The van der Waals surface area contributed by atoms with Crippen molar-refractivity contribution < 1.29 is 134 Å². The minimum atomic E-state index is -1.52. The molecule has 0 bridgehead atoms. The van der Waals surface area contributed by atoms with Crippen molar-refractivity contribution in [1.29, 1.82) is 0 Å². The number of carbonyl (C=O) groups excluding carboxylic acids is 3. The molecular weight excluding hydrogens is 361 g/mol. The van der Waals surface area contributed by atoms with Gasteiger partial charge >= 0.3 is 94.6 Å². The first-order chi connectivity index (χ1) is 9.20. The number of nitrogens with zero attached hydrogens (tertiary/aromatic N) is 2. The molecule has 3 N–H and O–H groups in total. The Morgan fingerprint density at radius 1 is 0.667 bits per heavy atom. The molecule has 0 aromatic heterocycles. The Labute approximate surface area is 204 Å². The van der Waals surface area contributed by atoms with E-state index in [-0.39, 0.29) is 107 Å². The average Bonchev–Trinajstić information content (AvgIpc) is 2.22. The van der Waals surface area contributed by atoms with Crippen LogP contribution in [0.15, 0.2) is 0 Å². The zero-order chi connectivity index (χ0) is 15.7. The fraction of sp³-hybridized carbons (Fsp3) is 0.600. The molecule has 0 aliphatic rings. The van der Waals surface area contributed by atoms with Gasteiger partial charge in [0.1, 0.15) is 0 Å². The second-order valence-corrected chi connectivity index (χ2v) is 3.93. The number of carboxylic acids is 4. The summed E-state index contributed by atoms with van der Waals surface area (Å²) in [5, 5.41) is 39.8. The summed E-state index contributed by atoms with van der Waals surface area (Å²) in [5.41, 5.74) is 0. The van der Waals surface area contributed by atoms with Crippen molar-refractivity contribution in [3.63, 3.8) is 0 Å². The van der Waals surface area contributed by atoms with Gasteiger partial charge in [0.25, 0.3) is 0 Å². The molecule has 0 saturated heterocycles. The van der Waals surface area contributed by atoms with Crippen molar-refractivity contribution >= 4 is 23.9 Å². The van der Waals surface area contributed by atoms with E-state index in [2.05, 4.69) is 0 Å². The molecule has 14 heteroatoms. The van der Waals surface area contributed by atoms with E-state index in [4.69, 9.17) is 5.11 Å². The third-order valence-corrected chi connectivity index (χ3v) is 2.15. The van der Waals surface area contributed by atoms with Crippen molar-refractivity contribution in [3.05, 3.63) is 0 Å². The van der Waals surface area contributed by atoms with E-state index in [0.717, 1.165) is 9.80 Å². The molecule has 0 aliphatic heterocycles. The van der Waals surface area contributed by atoms with Crippen molar-refractivity contribution in [3.8, 4) is 0 Å². The van der Waals surface area contributed by atoms with Gasteiger partial charge in [0.15, 0.2) is 0 Å². The van der Waals surface area contributed by atoms with Gasteiger partial charge in [-0.3, -0.25) is 14.6 Å². The second kappa shape index (κ2) is 20.1. The Bertz CT molecular complexity index is 330. The van der Waals surface area contributed by atoms with E-state index in [1.54, 1.807) is 0 Å². The van der Waals surface area contributed by atoms with E-state index in [1.165, 1.54) is 0 Å². The molecule has 0 atom stereocenters. The van der Waals surface area contributed by atoms with Crippen LogP contribution in [-0.2, 0) is 19.2 Å². The Morgan fingerprint density at radius 3 is 1.12 bits per heavy atom. The molecule has 11 nitrogen and oxygen atoms in total. The van der Waals surface area contributed by atoms with Crippen LogP contribution < -0.4 is 104 Å². The monoisotopic (exact) mass is 376 g/mol. The second-order valence-electron chi connectivity index (χ2n) is 3.93. The molecule has 0 aromatic carbocycles. The standard InChI is InChI=1S/C10H16N2O8.3Na.H2O/c13-7(14)3-11(4-8(15)16)1-2-12(5-9(17)18)6-10(19)20;;;;/h1-6H2,(H,13,14)(H,15,16)(H,17,18)(H,19,20);;;;1H2/q;3*+1;/p-3. The Balaban J connectivity index is -0.000000301. The molecule has 0 fully saturated rings. The zero-order valence-electron chi connectivity index (χ0n) is 13.9. The summed E-state index contributed by atoms with van der Waals surface area (Å²) in [6.07, 6.45) is 0. The predicted molar refractivity (Wildman–Crippen MR) is 59.2 cm³/mol. The topological polar surface area (TPSA) is 196 Å². The Morgan fingerprint density at radius 2 is 0.917 bits per heavy atom. The maximum absolute atomic E-state index is 10.5. The largest absolute Gasteiger partial charge is 1.00 e. The van der Waals surface area contributed by atoms with E-state index < -0.39 is 50.1 Å². The molecular formula is C10H15N2Na3O9. The Kier molecular flexibility index (Phi) is 29.9. The fourth-order valence-electron chi connectivity index (χ4n) is 1.45. The van der Waals surface area contributed by atoms with Crippen molar-refractivity contribution in [2.75, 3.05) is 39.3 Å². The van der Waals surface area contributed by atoms with Crippen LogP contribution in [0.4, 0.5) is 0 Å². The molecule has 0 unspecified atom stereocenters. The van der Waals surface area contributed by atoms with Gasteiger partial charge in [-0.05, 0) is 0 Å². The van der Waals surface area contributed by atoms with Gasteiger partial charge in [-0.15, -0.1) is 0 Å². The van der Waals surface area contributed by atoms with Crippen LogP contribution in [-0.4, -0.2) is 83.5 Å². The van der Waals surface area contributed by atoms with Crippen LogP contribution in [0.25, 0.3) is 0 Å². The minimum Gasteiger partial charge on any atom is -0.549 e. The maximum atomic E-state index is 10.5. The Hall–Kier alpha value is 0.760. The van der Waals surface area contributed by atoms with Gasteiger partial charge in [0, 0.05) is 32.7 Å². The van der Waals surface area contributed by atoms with E-state index in [1.807, 2.05) is 0 Å². The van der Waals surface area contributed by atoms with Crippen LogP contribution >= 0.6 is 0 Å². The molecule has 0 rings (SSSR count). The van der Waals surface area contributed by atoms with Crippen LogP contribution in [0.1, 0.15) is 0 Å². The van der Waals surface area contributed by atoms with E-state index in [0.29, 0.717) is 0 Å². The number of carbonyl (C=O) groups is 4. The van der Waals surface area contributed by atoms with Gasteiger partial charge in [-0.25, -0.2) is 0 Å². The maximum Gasteiger partial charge on any atom is 1.00 e. The van der Waals surface area contributed by atoms with Crippen LogP contribution in [0.5, 0.6) is 0 Å². The molecule has 0 radical (unpaired) electrons. The predicted octanol–water partition coefficient (Wildman–Crippen LogP) is -15.9. The fourth-order valence-corrected chi connectivity index (χ4v) is 1.45. The van der Waals surface area contributed by atoms with Crippen molar-refractivity contribution in [2.45, 2.75) is 0 Å². The number of carboxylic acid groups (broad SMARTS) is 4. The summed E-state index contributed by atoms with van der Waals surface area (Å²) >= 11 is 0. The normalized spacial score (nSPS) is 8.92. The van der Waals surface area contributed by atoms with Crippen molar-refractivity contribution in [1.82, 2.24) is 9.80 Å². The SMILES string of the molecule is O.O=C([O-])CN(CCN(CC(=O)[O-])CC(=O)O)CC(=O)[O-].[Na+].[Na+].[Na+]. The summed E-state index contributed by atoms with van der Waals surface area (Å²) in [7, 11) is 0. The van der Waals surface area contributed by atoms with E-state index >= 15 is 0 Å². The van der Waals surface area contributed by atoms with Gasteiger partial charge in [0.2, 0.25) is 0 Å². The van der Waals surface area contributed by atoms with Gasteiger partial charge < -0.3 is 40.3 Å². The average molecular weight is 376 g/mol. The third kappa shape index (κ3) is 22.8. The van der Waals surface area contributed by atoms with Crippen LogP contribution in [0.3, 0.4) is 0 Å². The first-order valence-corrected chi connectivity index (χ1v) is 5.46.